The molecule has 2 aliphatic rings. The maximum atomic E-state index is 12.9. The van der Waals surface area contributed by atoms with Gasteiger partial charge in [0.05, 0.1) is 18.2 Å². The lowest BCUT2D eigenvalue weighted by Crippen LogP contribution is -2.51. The van der Waals surface area contributed by atoms with Crippen LogP contribution in [-0.4, -0.2) is 56.2 Å². The van der Waals surface area contributed by atoms with Crippen molar-refractivity contribution in [2.75, 3.05) is 44.2 Å². The number of hydrogen-bond acceptors (Lipinski definition) is 6. The number of halogens is 1. The molecular formula is C23H27ClN4O3S. The minimum absolute atomic E-state index is 0.276. The van der Waals surface area contributed by atoms with Crippen LogP contribution < -0.4 is 15.5 Å². The lowest BCUT2D eigenvalue weighted by molar-refractivity contribution is -0.139. The van der Waals surface area contributed by atoms with Crippen LogP contribution in [0.1, 0.15) is 23.4 Å². The second kappa shape index (κ2) is 9.94. The Morgan fingerprint density at radius 1 is 1.25 bits per heavy atom. The van der Waals surface area contributed by atoms with E-state index in [0.717, 1.165) is 41.8 Å². The molecule has 2 N–H and O–H groups in total. The summed E-state index contributed by atoms with van der Waals surface area (Å²) in [5.74, 6) is -0.401. The first-order valence-electron chi connectivity index (χ1n) is 10.7. The van der Waals surface area contributed by atoms with Gasteiger partial charge >= 0.3 is 12.0 Å². The Labute approximate surface area is 197 Å². The molecule has 0 radical (unpaired) electrons. The third-order valence-corrected chi connectivity index (χ3v) is 6.91. The summed E-state index contributed by atoms with van der Waals surface area (Å²) >= 11 is 7.71. The molecule has 0 spiro atoms. The second-order valence-corrected chi connectivity index (χ2v) is 9.27. The maximum absolute atomic E-state index is 12.9. The van der Waals surface area contributed by atoms with Crippen LogP contribution in [0.2, 0.25) is 5.02 Å². The van der Waals surface area contributed by atoms with E-state index >= 15 is 0 Å². The number of nitrogens with zero attached hydrogens (tertiary/aromatic N) is 2. The van der Waals surface area contributed by atoms with Crippen LogP contribution in [0.15, 0.2) is 47.0 Å². The topological polar surface area (TPSA) is 73.9 Å². The van der Waals surface area contributed by atoms with Crippen molar-refractivity contribution < 1.29 is 14.3 Å². The SMILES string of the molecule is CCOC(=O)C1=C(CN2CCN(c3cc(Cl)ccc3C)CC2)NC(=O)N[C@@H]1c1cccs1. The molecule has 0 saturated carbocycles. The molecule has 3 heterocycles. The number of esters is 1. The Bertz CT molecular complexity index is 1020. The van der Waals surface area contributed by atoms with E-state index in [9.17, 15) is 9.59 Å². The Hall–Kier alpha value is -2.55. The fourth-order valence-corrected chi connectivity index (χ4v) is 5.11. The molecule has 0 bridgehead atoms. The number of ether oxygens (including phenoxy) is 1. The van der Waals surface area contributed by atoms with Gasteiger partial charge in [0.25, 0.3) is 0 Å². The van der Waals surface area contributed by atoms with Crippen LogP contribution in [0.3, 0.4) is 0 Å². The van der Waals surface area contributed by atoms with Gasteiger partial charge in [0.15, 0.2) is 0 Å². The number of carbonyl (C=O) groups is 2. The molecule has 0 aliphatic carbocycles. The summed E-state index contributed by atoms with van der Waals surface area (Å²) in [5.41, 5.74) is 3.43. The fourth-order valence-electron chi connectivity index (χ4n) is 4.16. The standard InChI is InChI=1S/C23H27ClN4O3S/c1-3-31-22(29)20-17(25-23(30)26-21(20)19-5-4-12-32-19)14-27-8-10-28(11-9-27)18-13-16(24)7-6-15(18)2/h4-7,12-13,21H,3,8-11,14H2,1-2H3,(H2,25,26,30)/t21-/m1/s1. The third-order valence-electron chi connectivity index (χ3n) is 5.74. The summed E-state index contributed by atoms with van der Waals surface area (Å²) in [6.45, 7) is 7.91. The summed E-state index contributed by atoms with van der Waals surface area (Å²) in [6, 6.07) is 8.97. The van der Waals surface area contributed by atoms with Gasteiger partial charge in [-0.25, -0.2) is 9.59 Å². The Morgan fingerprint density at radius 3 is 2.72 bits per heavy atom. The highest BCUT2D eigenvalue weighted by molar-refractivity contribution is 7.10. The zero-order chi connectivity index (χ0) is 22.7. The molecule has 1 aromatic carbocycles. The molecular weight excluding hydrogens is 448 g/mol. The number of hydrogen-bond donors (Lipinski definition) is 2. The number of urea groups is 1. The number of rotatable bonds is 6. The number of anilines is 1. The molecule has 1 aromatic heterocycles. The molecule has 2 amide bonds. The minimum Gasteiger partial charge on any atom is -0.463 e. The number of piperazine rings is 1. The number of aryl methyl sites for hydroxylation is 1. The average molecular weight is 475 g/mol. The van der Waals surface area contributed by atoms with Crippen LogP contribution in [0, 0.1) is 6.92 Å². The fraction of sp³-hybridized carbons (Fsp3) is 0.391. The van der Waals surface area contributed by atoms with Crippen LogP contribution >= 0.6 is 22.9 Å². The lowest BCUT2D eigenvalue weighted by atomic mass is 10.0. The van der Waals surface area contributed by atoms with Gasteiger partial charge in [-0.2, -0.15) is 0 Å². The molecule has 1 atom stereocenters. The van der Waals surface area contributed by atoms with Gasteiger partial charge in [-0.3, -0.25) is 4.90 Å². The summed E-state index contributed by atoms with van der Waals surface area (Å²) in [4.78, 5) is 30.8. The highest BCUT2D eigenvalue weighted by atomic mass is 35.5. The first kappa shape index (κ1) is 22.6. The van der Waals surface area contributed by atoms with Crippen molar-refractivity contribution in [2.45, 2.75) is 19.9 Å². The molecule has 1 fully saturated rings. The molecule has 2 aromatic rings. The van der Waals surface area contributed by atoms with Gasteiger partial charge in [0.1, 0.15) is 0 Å². The van der Waals surface area contributed by atoms with Crippen LogP contribution in [0.25, 0.3) is 0 Å². The van der Waals surface area contributed by atoms with E-state index in [4.69, 9.17) is 16.3 Å². The minimum atomic E-state index is -0.506. The van der Waals surface area contributed by atoms with Crippen molar-refractivity contribution in [2.24, 2.45) is 0 Å². The predicted octanol–water partition coefficient (Wildman–Crippen LogP) is 3.70. The summed E-state index contributed by atoms with van der Waals surface area (Å²) < 4.78 is 5.34. The van der Waals surface area contributed by atoms with E-state index in [1.807, 2.05) is 35.7 Å². The van der Waals surface area contributed by atoms with Crippen molar-refractivity contribution in [1.82, 2.24) is 15.5 Å². The molecule has 9 heteroatoms. The number of amides is 2. The Morgan fingerprint density at radius 2 is 2.03 bits per heavy atom. The Balaban J connectivity index is 1.53. The van der Waals surface area contributed by atoms with Crippen molar-refractivity contribution in [3.63, 3.8) is 0 Å². The monoisotopic (exact) mass is 474 g/mol. The first-order valence-corrected chi connectivity index (χ1v) is 12.0. The smallest absolute Gasteiger partial charge is 0.338 e. The van der Waals surface area contributed by atoms with Gasteiger partial charge in [-0.15, -0.1) is 11.3 Å². The highest BCUT2D eigenvalue weighted by Crippen LogP contribution is 2.31. The van der Waals surface area contributed by atoms with E-state index in [1.165, 1.54) is 16.9 Å². The van der Waals surface area contributed by atoms with Crippen LogP contribution in [-0.2, 0) is 9.53 Å². The number of carbonyl (C=O) groups excluding carboxylic acids is 2. The normalized spacial score (nSPS) is 19.5. The summed E-state index contributed by atoms with van der Waals surface area (Å²) in [7, 11) is 0. The van der Waals surface area contributed by atoms with Crippen LogP contribution in [0.4, 0.5) is 10.5 Å². The van der Waals surface area contributed by atoms with Gasteiger partial charge in [0, 0.05) is 54.0 Å². The van der Waals surface area contributed by atoms with Crippen molar-refractivity contribution in [3.05, 3.63) is 62.4 Å². The zero-order valence-corrected chi connectivity index (χ0v) is 19.8. The van der Waals surface area contributed by atoms with E-state index < -0.39 is 12.0 Å². The highest BCUT2D eigenvalue weighted by Gasteiger charge is 2.35. The second-order valence-electron chi connectivity index (χ2n) is 7.85. The molecule has 2 aliphatic heterocycles. The molecule has 0 unspecified atom stereocenters. The first-order chi connectivity index (χ1) is 15.5. The van der Waals surface area contributed by atoms with Gasteiger partial charge in [-0.1, -0.05) is 23.7 Å². The van der Waals surface area contributed by atoms with Gasteiger partial charge in [0.2, 0.25) is 0 Å². The zero-order valence-electron chi connectivity index (χ0n) is 18.2. The molecule has 4 rings (SSSR count). The average Bonchev–Trinajstić information content (AvgIpc) is 3.31. The van der Waals surface area contributed by atoms with Gasteiger partial charge in [-0.05, 0) is 43.0 Å². The van der Waals surface area contributed by atoms with E-state index in [0.29, 0.717) is 17.8 Å². The molecule has 7 nitrogen and oxygen atoms in total. The molecule has 170 valence electrons. The van der Waals surface area contributed by atoms with E-state index in [-0.39, 0.29) is 12.6 Å². The maximum Gasteiger partial charge on any atom is 0.338 e. The lowest BCUT2D eigenvalue weighted by Gasteiger charge is -2.38. The van der Waals surface area contributed by atoms with Crippen molar-refractivity contribution in [1.29, 1.82) is 0 Å². The summed E-state index contributed by atoms with van der Waals surface area (Å²) in [6.07, 6.45) is 0. The largest absolute Gasteiger partial charge is 0.463 e. The quantitative estimate of drug-likeness (QED) is 0.624. The number of benzene rings is 1. The molecule has 32 heavy (non-hydrogen) atoms. The van der Waals surface area contributed by atoms with Gasteiger partial charge < -0.3 is 20.3 Å². The number of nitrogens with one attached hydrogen (secondary N) is 2. The van der Waals surface area contributed by atoms with Crippen LogP contribution in [0.5, 0.6) is 0 Å². The number of thiophene rings is 1. The predicted molar refractivity (Wildman–Crippen MR) is 127 cm³/mol. The van der Waals surface area contributed by atoms with Crippen molar-refractivity contribution in [3.8, 4) is 0 Å². The van der Waals surface area contributed by atoms with E-state index in [2.05, 4.69) is 27.4 Å². The van der Waals surface area contributed by atoms with Crippen molar-refractivity contribution >= 4 is 40.6 Å². The Kier molecular flexibility index (Phi) is 7.03. The summed E-state index contributed by atoms with van der Waals surface area (Å²) in [5, 5.41) is 8.41. The molecule has 1 saturated heterocycles. The third kappa shape index (κ3) is 4.92. The van der Waals surface area contributed by atoms with E-state index in [1.54, 1.807) is 6.92 Å².